The molecule has 3 rings (SSSR count). The van der Waals surface area contributed by atoms with Gasteiger partial charge in [0.15, 0.2) is 6.61 Å². The minimum atomic E-state index is -0.191. The molecule has 1 heterocycles. The van der Waals surface area contributed by atoms with Crippen LogP contribution in [0.15, 0.2) is 59.8 Å². The van der Waals surface area contributed by atoms with Gasteiger partial charge in [-0.3, -0.25) is 14.5 Å². The summed E-state index contributed by atoms with van der Waals surface area (Å²) in [7, 11) is 0. The van der Waals surface area contributed by atoms with Gasteiger partial charge in [-0.25, -0.2) is 0 Å². The van der Waals surface area contributed by atoms with Crippen LogP contribution in [0.2, 0.25) is 0 Å². The molecule has 7 heteroatoms. The zero-order chi connectivity index (χ0) is 18.2. The molecule has 0 bridgehead atoms. The van der Waals surface area contributed by atoms with Crippen molar-refractivity contribution < 1.29 is 19.2 Å². The summed E-state index contributed by atoms with van der Waals surface area (Å²) >= 11 is 1.04. The van der Waals surface area contributed by atoms with Crippen molar-refractivity contribution in [2.24, 2.45) is 5.16 Å². The summed E-state index contributed by atoms with van der Waals surface area (Å²) in [5.74, 6) is 0.777. The van der Waals surface area contributed by atoms with Gasteiger partial charge in [0.2, 0.25) is 5.91 Å². The van der Waals surface area contributed by atoms with Crippen molar-refractivity contribution in [2.45, 2.75) is 6.54 Å². The first-order valence-electron chi connectivity index (χ1n) is 8.11. The first-order chi connectivity index (χ1) is 12.7. The maximum Gasteiger partial charge on any atom is 0.289 e. The number of carbonyl (C=O) groups excluding carboxylic acids is 2. The van der Waals surface area contributed by atoms with Gasteiger partial charge in [0.05, 0.1) is 18.5 Å². The second-order valence-electron chi connectivity index (χ2n) is 5.51. The van der Waals surface area contributed by atoms with E-state index in [1.807, 2.05) is 42.5 Å². The number of oxime groups is 1. The standard InChI is InChI=1S/C19H18N2O4S/c22-18-14-26-19(23)21(18)13-16-6-8-17(9-7-16)24-10-11-25-20-12-15-4-2-1-3-5-15/h1-9,12H,10-11,13-14H2/b20-12+. The highest BCUT2D eigenvalue weighted by Gasteiger charge is 2.29. The molecule has 1 aliphatic rings. The molecule has 0 unspecified atom stereocenters. The van der Waals surface area contributed by atoms with E-state index < -0.39 is 0 Å². The fourth-order valence-electron chi connectivity index (χ4n) is 2.29. The Morgan fingerprint density at radius 2 is 1.81 bits per heavy atom. The van der Waals surface area contributed by atoms with Crippen LogP contribution in [0.25, 0.3) is 0 Å². The third-order valence-corrected chi connectivity index (χ3v) is 4.48. The Bertz CT molecular complexity index is 762. The van der Waals surface area contributed by atoms with Gasteiger partial charge < -0.3 is 9.57 Å². The number of nitrogens with zero attached hydrogens (tertiary/aromatic N) is 2. The summed E-state index contributed by atoms with van der Waals surface area (Å²) in [5.41, 5.74) is 1.85. The van der Waals surface area contributed by atoms with E-state index in [1.54, 1.807) is 18.3 Å². The molecule has 26 heavy (non-hydrogen) atoms. The lowest BCUT2D eigenvalue weighted by molar-refractivity contribution is -0.125. The zero-order valence-electron chi connectivity index (χ0n) is 14.0. The Labute approximate surface area is 155 Å². The van der Waals surface area contributed by atoms with Crippen LogP contribution in [0.5, 0.6) is 5.75 Å². The Hall–Kier alpha value is -2.80. The lowest BCUT2D eigenvalue weighted by atomic mass is 10.2. The molecule has 2 aromatic carbocycles. The van der Waals surface area contributed by atoms with Gasteiger partial charge in [-0.15, -0.1) is 0 Å². The van der Waals surface area contributed by atoms with Crippen molar-refractivity contribution in [1.82, 2.24) is 4.90 Å². The average molecular weight is 370 g/mol. The monoisotopic (exact) mass is 370 g/mol. The van der Waals surface area contributed by atoms with Crippen molar-refractivity contribution in [3.05, 3.63) is 65.7 Å². The molecule has 2 amide bonds. The topological polar surface area (TPSA) is 68.2 Å². The summed E-state index contributed by atoms with van der Waals surface area (Å²) in [6.07, 6.45) is 1.65. The van der Waals surface area contributed by atoms with Crippen LogP contribution in [0.1, 0.15) is 11.1 Å². The predicted octanol–water partition coefficient (Wildman–Crippen LogP) is 3.31. The molecule has 0 aromatic heterocycles. The predicted molar refractivity (Wildman–Crippen MR) is 100 cm³/mol. The molecule has 6 nitrogen and oxygen atoms in total. The SMILES string of the molecule is O=C1CSC(=O)N1Cc1ccc(OCCO/N=C/c2ccccc2)cc1. The highest BCUT2D eigenvalue weighted by molar-refractivity contribution is 8.14. The molecule has 1 aliphatic heterocycles. The van der Waals surface area contributed by atoms with Gasteiger partial charge in [0.1, 0.15) is 12.4 Å². The number of hydrogen-bond donors (Lipinski definition) is 0. The highest BCUT2D eigenvalue weighted by atomic mass is 32.2. The second-order valence-corrected chi connectivity index (χ2v) is 6.43. The van der Waals surface area contributed by atoms with Gasteiger partial charge in [0.25, 0.3) is 5.24 Å². The van der Waals surface area contributed by atoms with Crippen LogP contribution < -0.4 is 4.74 Å². The first kappa shape index (κ1) is 18.0. The van der Waals surface area contributed by atoms with Crippen molar-refractivity contribution in [1.29, 1.82) is 0 Å². The average Bonchev–Trinajstić information content (AvgIpc) is 2.98. The third kappa shape index (κ3) is 5.10. The molecule has 0 spiro atoms. The van der Waals surface area contributed by atoms with Crippen molar-refractivity contribution in [3.63, 3.8) is 0 Å². The molecule has 0 N–H and O–H groups in total. The molecular formula is C19H18N2O4S. The molecule has 2 aromatic rings. The fourth-order valence-corrected chi connectivity index (χ4v) is 3.02. The maximum absolute atomic E-state index is 11.6. The first-order valence-corrected chi connectivity index (χ1v) is 9.10. The number of amides is 2. The number of rotatable bonds is 8. The van der Waals surface area contributed by atoms with E-state index in [0.717, 1.165) is 22.9 Å². The van der Waals surface area contributed by atoms with Gasteiger partial charge in [-0.2, -0.15) is 0 Å². The van der Waals surface area contributed by atoms with Crippen molar-refractivity contribution in [3.8, 4) is 5.75 Å². The minimum Gasteiger partial charge on any atom is -0.490 e. The molecule has 0 atom stereocenters. The van der Waals surface area contributed by atoms with Gasteiger partial charge >= 0.3 is 0 Å². The number of ether oxygens (including phenoxy) is 1. The van der Waals surface area contributed by atoms with E-state index in [0.29, 0.717) is 25.5 Å². The Balaban J connectivity index is 1.38. The van der Waals surface area contributed by atoms with E-state index in [-0.39, 0.29) is 16.9 Å². The van der Waals surface area contributed by atoms with Gasteiger partial charge in [-0.05, 0) is 23.3 Å². The number of thioether (sulfide) groups is 1. The number of imide groups is 1. The van der Waals surface area contributed by atoms with Crippen LogP contribution in [0, 0.1) is 0 Å². The number of carbonyl (C=O) groups is 2. The summed E-state index contributed by atoms with van der Waals surface area (Å²) in [6, 6.07) is 17.0. The molecular weight excluding hydrogens is 352 g/mol. The summed E-state index contributed by atoms with van der Waals surface area (Å²) in [6.45, 7) is 0.993. The summed E-state index contributed by atoms with van der Waals surface area (Å²) < 4.78 is 5.58. The van der Waals surface area contributed by atoms with E-state index >= 15 is 0 Å². The van der Waals surface area contributed by atoms with E-state index in [2.05, 4.69) is 5.16 Å². The minimum absolute atomic E-state index is 0.145. The molecule has 0 saturated carbocycles. The highest BCUT2D eigenvalue weighted by Crippen LogP contribution is 2.22. The van der Waals surface area contributed by atoms with Crippen molar-refractivity contribution >= 4 is 29.1 Å². The fraction of sp³-hybridized carbons (Fsp3) is 0.211. The third-order valence-electron chi connectivity index (χ3n) is 3.62. The van der Waals surface area contributed by atoms with Crippen LogP contribution in [0.4, 0.5) is 4.79 Å². The number of hydrogen-bond acceptors (Lipinski definition) is 6. The lowest BCUT2D eigenvalue weighted by Crippen LogP contribution is -2.27. The quantitative estimate of drug-likeness (QED) is 0.405. The maximum atomic E-state index is 11.6. The Morgan fingerprint density at radius 1 is 1.04 bits per heavy atom. The van der Waals surface area contributed by atoms with Crippen LogP contribution >= 0.6 is 11.8 Å². The largest absolute Gasteiger partial charge is 0.490 e. The van der Waals surface area contributed by atoms with E-state index in [1.165, 1.54) is 4.90 Å². The number of benzene rings is 2. The summed E-state index contributed by atoms with van der Waals surface area (Å²) in [4.78, 5) is 29.6. The second kappa shape index (κ2) is 9.05. The molecule has 0 radical (unpaired) electrons. The van der Waals surface area contributed by atoms with Gasteiger partial charge in [0, 0.05) is 0 Å². The Morgan fingerprint density at radius 3 is 2.50 bits per heavy atom. The molecule has 0 aliphatic carbocycles. The molecule has 134 valence electrons. The van der Waals surface area contributed by atoms with Crippen molar-refractivity contribution in [2.75, 3.05) is 19.0 Å². The summed E-state index contributed by atoms with van der Waals surface area (Å²) in [5, 5.41) is 3.69. The molecule has 1 saturated heterocycles. The zero-order valence-corrected chi connectivity index (χ0v) is 14.9. The smallest absolute Gasteiger partial charge is 0.289 e. The Kier molecular flexibility index (Phi) is 6.27. The van der Waals surface area contributed by atoms with E-state index in [9.17, 15) is 9.59 Å². The van der Waals surface area contributed by atoms with Crippen LogP contribution in [-0.4, -0.2) is 41.2 Å². The van der Waals surface area contributed by atoms with Crippen LogP contribution in [0.3, 0.4) is 0 Å². The van der Waals surface area contributed by atoms with E-state index in [4.69, 9.17) is 9.57 Å². The molecule has 1 fully saturated rings. The van der Waals surface area contributed by atoms with Crippen LogP contribution in [-0.2, 0) is 16.2 Å². The van der Waals surface area contributed by atoms with Gasteiger partial charge in [-0.1, -0.05) is 59.4 Å². The lowest BCUT2D eigenvalue weighted by Gasteiger charge is -2.13. The normalized spacial score (nSPS) is 14.2.